The summed E-state index contributed by atoms with van der Waals surface area (Å²) in [4.78, 5) is 0. The Bertz CT molecular complexity index is 427. The van der Waals surface area contributed by atoms with Crippen molar-refractivity contribution < 1.29 is 4.74 Å². The minimum atomic E-state index is 0.376. The third-order valence-electron chi connectivity index (χ3n) is 4.32. The fraction of sp³-hybridized carbons (Fsp3) is 0.625. The average molecular weight is 326 g/mol. The number of ether oxygens (including phenoxy) is 1. The normalized spacial score (nSPS) is 19.4. The first-order valence-corrected chi connectivity index (χ1v) is 7.99. The van der Waals surface area contributed by atoms with E-state index in [1.165, 1.54) is 31.2 Å². The Morgan fingerprint density at radius 1 is 1.37 bits per heavy atom. The maximum Gasteiger partial charge on any atom is 0.133 e. The topological polar surface area (TPSA) is 21.3 Å². The van der Waals surface area contributed by atoms with E-state index in [0.29, 0.717) is 18.1 Å². The second-order valence-electron chi connectivity index (χ2n) is 5.71. The fourth-order valence-corrected chi connectivity index (χ4v) is 3.87. The van der Waals surface area contributed by atoms with E-state index >= 15 is 0 Å². The largest absolute Gasteiger partial charge is 0.493 e. The van der Waals surface area contributed by atoms with Crippen molar-refractivity contribution in [3.8, 4) is 5.75 Å². The molecular formula is C16H24BrNO. The van der Waals surface area contributed by atoms with Crippen LogP contribution in [0, 0.1) is 5.41 Å². The minimum Gasteiger partial charge on any atom is -0.493 e. The van der Waals surface area contributed by atoms with Gasteiger partial charge in [-0.1, -0.05) is 25.8 Å². The van der Waals surface area contributed by atoms with Crippen LogP contribution in [0.3, 0.4) is 0 Å². The first-order chi connectivity index (χ1) is 9.10. The van der Waals surface area contributed by atoms with Crippen LogP contribution in [-0.2, 0) is 0 Å². The molecule has 1 N–H and O–H groups in total. The lowest BCUT2D eigenvalue weighted by Gasteiger charge is -2.34. The molecule has 0 heterocycles. The van der Waals surface area contributed by atoms with Gasteiger partial charge in [0.15, 0.2) is 0 Å². The van der Waals surface area contributed by atoms with Gasteiger partial charge in [-0.2, -0.15) is 0 Å². The maximum absolute atomic E-state index is 5.59. The smallest absolute Gasteiger partial charge is 0.133 e. The van der Waals surface area contributed by atoms with Crippen molar-refractivity contribution in [1.82, 2.24) is 5.32 Å². The number of nitrogens with one attached hydrogen (secondary N) is 1. The van der Waals surface area contributed by atoms with Crippen LogP contribution in [0.4, 0.5) is 0 Å². The summed E-state index contributed by atoms with van der Waals surface area (Å²) in [6, 6.07) is 6.89. The van der Waals surface area contributed by atoms with Crippen molar-refractivity contribution in [2.24, 2.45) is 5.41 Å². The van der Waals surface area contributed by atoms with E-state index in [2.05, 4.69) is 53.4 Å². The number of hydrogen-bond acceptors (Lipinski definition) is 2. The molecule has 1 saturated carbocycles. The van der Waals surface area contributed by atoms with Gasteiger partial charge in [0.1, 0.15) is 5.75 Å². The van der Waals surface area contributed by atoms with E-state index in [1.54, 1.807) is 0 Å². The molecule has 1 atom stereocenters. The van der Waals surface area contributed by atoms with Crippen LogP contribution >= 0.6 is 15.9 Å². The SMILES string of the molecule is CCOc1ccc(C(NC)C2(C)CCCC2)cc1Br. The van der Waals surface area contributed by atoms with Crippen molar-refractivity contribution in [1.29, 1.82) is 0 Å². The number of halogens is 1. The van der Waals surface area contributed by atoms with E-state index in [0.717, 1.165) is 10.2 Å². The lowest BCUT2D eigenvalue weighted by Crippen LogP contribution is -2.32. The highest BCUT2D eigenvalue weighted by Gasteiger charge is 2.37. The van der Waals surface area contributed by atoms with Gasteiger partial charge in [-0.05, 0) is 65.9 Å². The summed E-state index contributed by atoms with van der Waals surface area (Å²) < 4.78 is 6.64. The summed E-state index contributed by atoms with van der Waals surface area (Å²) in [6.45, 7) is 5.12. The number of hydrogen-bond donors (Lipinski definition) is 1. The minimum absolute atomic E-state index is 0.376. The van der Waals surface area contributed by atoms with E-state index in [4.69, 9.17) is 4.74 Å². The molecule has 0 bridgehead atoms. The van der Waals surface area contributed by atoms with Crippen molar-refractivity contribution in [3.05, 3.63) is 28.2 Å². The average Bonchev–Trinajstić information content (AvgIpc) is 2.81. The van der Waals surface area contributed by atoms with Crippen molar-refractivity contribution >= 4 is 15.9 Å². The number of benzene rings is 1. The molecule has 3 heteroatoms. The molecule has 106 valence electrons. The second-order valence-corrected chi connectivity index (χ2v) is 6.56. The molecule has 0 aromatic heterocycles. The van der Waals surface area contributed by atoms with Gasteiger partial charge in [0, 0.05) is 6.04 Å². The van der Waals surface area contributed by atoms with Gasteiger partial charge in [0.05, 0.1) is 11.1 Å². The van der Waals surface area contributed by atoms with Crippen LogP contribution in [0.15, 0.2) is 22.7 Å². The summed E-state index contributed by atoms with van der Waals surface area (Å²) in [5.41, 5.74) is 1.73. The molecule has 1 aliphatic rings. The highest BCUT2D eigenvalue weighted by Crippen LogP contribution is 2.47. The summed E-state index contributed by atoms with van der Waals surface area (Å²) in [7, 11) is 2.07. The van der Waals surface area contributed by atoms with Crippen LogP contribution in [0.2, 0.25) is 0 Å². The predicted octanol–water partition coefficient (Wildman–Crippen LogP) is 4.69. The third kappa shape index (κ3) is 3.14. The van der Waals surface area contributed by atoms with Crippen molar-refractivity contribution in [2.75, 3.05) is 13.7 Å². The Morgan fingerprint density at radius 2 is 2.05 bits per heavy atom. The molecule has 2 rings (SSSR count). The zero-order valence-corrected chi connectivity index (χ0v) is 13.7. The van der Waals surface area contributed by atoms with Crippen LogP contribution in [0.1, 0.15) is 51.1 Å². The van der Waals surface area contributed by atoms with Gasteiger partial charge in [-0.25, -0.2) is 0 Å². The van der Waals surface area contributed by atoms with Crippen molar-refractivity contribution in [2.45, 2.75) is 45.6 Å². The molecule has 1 aliphatic carbocycles. The summed E-state index contributed by atoms with van der Waals surface area (Å²) in [6.07, 6.45) is 5.33. The molecule has 0 aliphatic heterocycles. The zero-order valence-electron chi connectivity index (χ0n) is 12.1. The van der Waals surface area contributed by atoms with E-state index in [-0.39, 0.29) is 0 Å². The van der Waals surface area contributed by atoms with E-state index < -0.39 is 0 Å². The lowest BCUT2D eigenvalue weighted by atomic mass is 9.77. The Morgan fingerprint density at radius 3 is 2.58 bits per heavy atom. The lowest BCUT2D eigenvalue weighted by molar-refractivity contribution is 0.233. The summed E-state index contributed by atoms with van der Waals surface area (Å²) >= 11 is 3.62. The Hall–Kier alpha value is -0.540. The zero-order chi connectivity index (χ0) is 13.9. The van der Waals surface area contributed by atoms with Crippen LogP contribution < -0.4 is 10.1 Å². The van der Waals surface area contributed by atoms with Crippen LogP contribution in [0.5, 0.6) is 5.75 Å². The molecule has 19 heavy (non-hydrogen) atoms. The highest BCUT2D eigenvalue weighted by molar-refractivity contribution is 9.10. The second kappa shape index (κ2) is 6.27. The van der Waals surface area contributed by atoms with Gasteiger partial charge >= 0.3 is 0 Å². The van der Waals surface area contributed by atoms with Crippen LogP contribution in [-0.4, -0.2) is 13.7 Å². The first-order valence-electron chi connectivity index (χ1n) is 7.20. The molecule has 0 saturated heterocycles. The molecule has 1 aromatic rings. The molecule has 1 aromatic carbocycles. The fourth-order valence-electron chi connectivity index (χ4n) is 3.36. The molecule has 0 spiro atoms. The Labute approximate surface area is 125 Å². The molecule has 0 radical (unpaired) electrons. The Kier molecular flexibility index (Phi) is 4.91. The first kappa shape index (κ1) is 14.9. The van der Waals surface area contributed by atoms with Gasteiger partial charge in [0.2, 0.25) is 0 Å². The monoisotopic (exact) mass is 325 g/mol. The third-order valence-corrected chi connectivity index (χ3v) is 4.94. The molecule has 1 unspecified atom stereocenters. The molecule has 0 amide bonds. The predicted molar refractivity (Wildman–Crippen MR) is 83.7 cm³/mol. The quantitative estimate of drug-likeness (QED) is 0.848. The standard InChI is InChI=1S/C16H24BrNO/c1-4-19-14-8-7-12(11-13(14)17)15(18-3)16(2)9-5-6-10-16/h7-8,11,15,18H,4-6,9-10H2,1-3H3. The van der Waals surface area contributed by atoms with E-state index in [1.807, 2.05) is 6.92 Å². The van der Waals surface area contributed by atoms with Gasteiger partial charge in [0.25, 0.3) is 0 Å². The van der Waals surface area contributed by atoms with Crippen molar-refractivity contribution in [3.63, 3.8) is 0 Å². The highest BCUT2D eigenvalue weighted by atomic mass is 79.9. The van der Waals surface area contributed by atoms with Gasteiger partial charge < -0.3 is 10.1 Å². The molecule has 2 nitrogen and oxygen atoms in total. The van der Waals surface area contributed by atoms with Gasteiger partial charge in [-0.15, -0.1) is 0 Å². The summed E-state index contributed by atoms with van der Waals surface area (Å²) in [5, 5.41) is 3.52. The maximum atomic E-state index is 5.59. The van der Waals surface area contributed by atoms with Gasteiger partial charge in [-0.3, -0.25) is 0 Å². The van der Waals surface area contributed by atoms with Crippen LogP contribution in [0.25, 0.3) is 0 Å². The Balaban J connectivity index is 2.26. The molecule has 1 fully saturated rings. The summed E-state index contributed by atoms with van der Waals surface area (Å²) in [5.74, 6) is 0.928. The van der Waals surface area contributed by atoms with E-state index in [9.17, 15) is 0 Å². The molecular weight excluding hydrogens is 302 g/mol. The number of rotatable bonds is 5.